The third-order valence-corrected chi connectivity index (χ3v) is 3.08. The van der Waals surface area contributed by atoms with Gasteiger partial charge in [-0.1, -0.05) is 12.1 Å². The Morgan fingerprint density at radius 2 is 1.62 bits per heavy atom. The number of benzene rings is 2. The highest BCUT2D eigenvalue weighted by atomic mass is 16.5. The van der Waals surface area contributed by atoms with E-state index in [0.717, 1.165) is 11.4 Å². The van der Waals surface area contributed by atoms with Crippen LogP contribution < -0.4 is 20.5 Å². The van der Waals surface area contributed by atoms with Gasteiger partial charge in [0.25, 0.3) is 0 Å². The fraction of sp³-hybridized carbons (Fsp3) is 0.278. The number of para-hydroxylation sites is 2. The van der Waals surface area contributed by atoms with E-state index < -0.39 is 0 Å². The summed E-state index contributed by atoms with van der Waals surface area (Å²) >= 11 is 0. The van der Waals surface area contributed by atoms with Gasteiger partial charge in [0, 0.05) is 12.6 Å². The van der Waals surface area contributed by atoms with Crippen LogP contribution in [0.2, 0.25) is 0 Å². The summed E-state index contributed by atoms with van der Waals surface area (Å²) in [4.78, 5) is 10.9. The number of rotatable bonds is 9. The third-order valence-electron chi connectivity index (χ3n) is 3.08. The normalized spacial score (nSPS) is 10.2. The van der Waals surface area contributed by atoms with Crippen LogP contribution in [0.1, 0.15) is 6.92 Å². The molecule has 2 rings (SSSR count). The Hall–Kier alpha value is -2.73. The molecule has 0 saturated carbocycles. The molecule has 0 aromatic heterocycles. The maximum Gasteiger partial charge on any atom is 0.221 e. The number of hydrogen-bond acceptors (Lipinski definition) is 5. The van der Waals surface area contributed by atoms with Gasteiger partial charge in [-0.25, -0.2) is 0 Å². The molecule has 0 unspecified atom stereocenters. The smallest absolute Gasteiger partial charge is 0.221 e. The Morgan fingerprint density at radius 3 is 2.29 bits per heavy atom. The SMILES string of the molecule is CC(=O)Nc1ccc(OCCOCCOc2ccccc2N)cc1. The van der Waals surface area contributed by atoms with Crippen molar-refractivity contribution in [3.05, 3.63) is 48.5 Å². The lowest BCUT2D eigenvalue weighted by atomic mass is 10.3. The maximum absolute atomic E-state index is 10.9. The lowest BCUT2D eigenvalue weighted by molar-refractivity contribution is -0.114. The van der Waals surface area contributed by atoms with Crippen LogP contribution in [-0.4, -0.2) is 32.3 Å². The molecule has 0 bridgehead atoms. The Kier molecular flexibility index (Phi) is 6.91. The second-order valence-electron chi connectivity index (χ2n) is 5.05. The summed E-state index contributed by atoms with van der Waals surface area (Å²) in [6, 6.07) is 14.5. The molecule has 3 N–H and O–H groups in total. The van der Waals surface area contributed by atoms with Crippen molar-refractivity contribution in [2.75, 3.05) is 37.5 Å². The van der Waals surface area contributed by atoms with Gasteiger partial charge in [0.1, 0.15) is 24.7 Å². The number of anilines is 2. The van der Waals surface area contributed by atoms with Crippen LogP contribution in [0.25, 0.3) is 0 Å². The van der Waals surface area contributed by atoms with E-state index in [4.69, 9.17) is 19.9 Å². The predicted molar refractivity (Wildman–Crippen MR) is 93.4 cm³/mol. The highest BCUT2D eigenvalue weighted by Crippen LogP contribution is 2.19. The van der Waals surface area contributed by atoms with Crippen molar-refractivity contribution in [1.82, 2.24) is 0 Å². The number of nitrogens with one attached hydrogen (secondary N) is 1. The van der Waals surface area contributed by atoms with Crippen LogP contribution in [0.3, 0.4) is 0 Å². The monoisotopic (exact) mass is 330 g/mol. The van der Waals surface area contributed by atoms with Crippen LogP contribution >= 0.6 is 0 Å². The molecule has 0 aliphatic rings. The molecule has 2 aromatic rings. The summed E-state index contributed by atoms with van der Waals surface area (Å²) in [5.41, 5.74) is 7.13. The van der Waals surface area contributed by atoms with E-state index in [1.165, 1.54) is 6.92 Å². The zero-order valence-electron chi connectivity index (χ0n) is 13.7. The van der Waals surface area contributed by atoms with Crippen molar-refractivity contribution in [1.29, 1.82) is 0 Å². The molecular formula is C18H22N2O4. The molecule has 24 heavy (non-hydrogen) atoms. The lowest BCUT2D eigenvalue weighted by Crippen LogP contribution is -2.12. The number of hydrogen-bond donors (Lipinski definition) is 2. The number of carbonyl (C=O) groups excluding carboxylic acids is 1. The van der Waals surface area contributed by atoms with Gasteiger partial charge in [0.15, 0.2) is 0 Å². The molecular weight excluding hydrogens is 308 g/mol. The van der Waals surface area contributed by atoms with Crippen LogP contribution in [0.5, 0.6) is 11.5 Å². The van der Waals surface area contributed by atoms with E-state index in [2.05, 4.69) is 5.32 Å². The molecule has 0 fully saturated rings. The van der Waals surface area contributed by atoms with Crippen LogP contribution in [0.15, 0.2) is 48.5 Å². The van der Waals surface area contributed by atoms with Gasteiger partial charge in [-0.3, -0.25) is 4.79 Å². The van der Waals surface area contributed by atoms with Gasteiger partial charge >= 0.3 is 0 Å². The average Bonchev–Trinajstić information content (AvgIpc) is 2.56. The van der Waals surface area contributed by atoms with Crippen molar-refractivity contribution in [3.8, 4) is 11.5 Å². The molecule has 0 saturated heterocycles. The minimum Gasteiger partial charge on any atom is -0.491 e. The van der Waals surface area contributed by atoms with E-state index in [1.54, 1.807) is 30.3 Å². The number of nitrogens with two attached hydrogens (primary N) is 1. The van der Waals surface area contributed by atoms with Crippen molar-refractivity contribution in [2.45, 2.75) is 6.92 Å². The summed E-state index contributed by atoms with van der Waals surface area (Å²) in [6.45, 7) is 3.25. The molecule has 0 heterocycles. The minimum atomic E-state index is -0.100. The van der Waals surface area contributed by atoms with Gasteiger partial charge in [-0.15, -0.1) is 0 Å². The number of amides is 1. The first-order chi connectivity index (χ1) is 11.6. The van der Waals surface area contributed by atoms with Gasteiger partial charge in [0.2, 0.25) is 5.91 Å². The van der Waals surface area contributed by atoms with Crippen molar-refractivity contribution in [3.63, 3.8) is 0 Å². The molecule has 1 amide bonds. The van der Waals surface area contributed by atoms with Crippen LogP contribution in [0.4, 0.5) is 11.4 Å². The van der Waals surface area contributed by atoms with E-state index in [-0.39, 0.29) is 5.91 Å². The van der Waals surface area contributed by atoms with Gasteiger partial charge in [-0.2, -0.15) is 0 Å². The second kappa shape index (κ2) is 9.42. The summed E-state index contributed by atoms with van der Waals surface area (Å²) in [5.74, 6) is 1.29. The van der Waals surface area contributed by atoms with Crippen molar-refractivity contribution >= 4 is 17.3 Å². The lowest BCUT2D eigenvalue weighted by Gasteiger charge is -2.10. The fourth-order valence-electron chi connectivity index (χ4n) is 1.98. The number of ether oxygens (including phenoxy) is 3. The quantitative estimate of drug-likeness (QED) is 0.546. The Bertz CT molecular complexity index is 644. The van der Waals surface area contributed by atoms with Gasteiger partial charge < -0.3 is 25.3 Å². The molecule has 6 nitrogen and oxygen atoms in total. The van der Waals surface area contributed by atoms with Gasteiger partial charge in [0.05, 0.1) is 18.9 Å². The Balaban J connectivity index is 1.56. The topological polar surface area (TPSA) is 82.8 Å². The Labute approximate surface area is 141 Å². The second-order valence-corrected chi connectivity index (χ2v) is 5.05. The molecule has 0 radical (unpaired) electrons. The first kappa shape index (κ1) is 17.6. The van der Waals surface area contributed by atoms with Crippen molar-refractivity contribution in [2.24, 2.45) is 0 Å². The molecule has 128 valence electrons. The zero-order valence-corrected chi connectivity index (χ0v) is 13.7. The summed E-state index contributed by atoms with van der Waals surface area (Å²) < 4.78 is 16.5. The number of nitrogen functional groups attached to an aromatic ring is 1. The first-order valence-corrected chi connectivity index (χ1v) is 7.70. The van der Waals surface area contributed by atoms with Crippen molar-refractivity contribution < 1.29 is 19.0 Å². The largest absolute Gasteiger partial charge is 0.491 e. The fourth-order valence-corrected chi connectivity index (χ4v) is 1.98. The van der Waals surface area contributed by atoms with Crippen LogP contribution in [-0.2, 0) is 9.53 Å². The minimum absolute atomic E-state index is 0.100. The summed E-state index contributed by atoms with van der Waals surface area (Å²) in [7, 11) is 0. The zero-order chi connectivity index (χ0) is 17.2. The first-order valence-electron chi connectivity index (χ1n) is 7.70. The molecule has 2 aromatic carbocycles. The molecule has 0 aliphatic carbocycles. The highest BCUT2D eigenvalue weighted by Gasteiger charge is 1.99. The summed E-state index contributed by atoms with van der Waals surface area (Å²) in [5, 5.41) is 2.70. The summed E-state index contributed by atoms with van der Waals surface area (Å²) in [6.07, 6.45) is 0. The van der Waals surface area contributed by atoms with E-state index in [9.17, 15) is 4.79 Å². The molecule has 0 atom stereocenters. The molecule has 0 spiro atoms. The van der Waals surface area contributed by atoms with E-state index in [0.29, 0.717) is 37.9 Å². The van der Waals surface area contributed by atoms with E-state index in [1.807, 2.05) is 18.2 Å². The highest BCUT2D eigenvalue weighted by molar-refractivity contribution is 5.88. The number of carbonyl (C=O) groups is 1. The van der Waals surface area contributed by atoms with E-state index >= 15 is 0 Å². The third kappa shape index (κ3) is 6.18. The maximum atomic E-state index is 10.9. The van der Waals surface area contributed by atoms with Gasteiger partial charge in [-0.05, 0) is 36.4 Å². The van der Waals surface area contributed by atoms with Crippen LogP contribution in [0, 0.1) is 0 Å². The average molecular weight is 330 g/mol. The Morgan fingerprint density at radius 1 is 0.958 bits per heavy atom. The standard InChI is InChI=1S/C18H22N2O4/c1-14(21)20-15-6-8-16(9-7-15)23-12-10-22-11-13-24-18-5-3-2-4-17(18)19/h2-9H,10-13,19H2,1H3,(H,20,21). The molecule has 6 heteroatoms. The molecule has 0 aliphatic heterocycles. The predicted octanol–water partition coefficient (Wildman–Crippen LogP) is 2.70.